The van der Waals surface area contributed by atoms with E-state index < -0.39 is 12.0 Å². The van der Waals surface area contributed by atoms with Crippen LogP contribution in [0.25, 0.3) is 11.4 Å². The first-order chi connectivity index (χ1) is 9.63. The van der Waals surface area contributed by atoms with E-state index in [2.05, 4.69) is 14.9 Å². The van der Waals surface area contributed by atoms with Crippen molar-refractivity contribution >= 4 is 5.97 Å². The summed E-state index contributed by atoms with van der Waals surface area (Å²) >= 11 is 0. The van der Waals surface area contributed by atoms with Crippen LogP contribution in [0.2, 0.25) is 0 Å². The van der Waals surface area contributed by atoms with Gasteiger partial charge in [-0.15, -0.1) is 0 Å². The number of hydrogen-bond acceptors (Lipinski definition) is 7. The molecule has 1 aromatic carbocycles. The molecule has 7 heteroatoms. The average molecular weight is 277 g/mol. The Bertz CT molecular complexity index is 580. The van der Waals surface area contributed by atoms with Crippen LogP contribution in [0.3, 0.4) is 0 Å². The van der Waals surface area contributed by atoms with Crippen LogP contribution in [-0.2, 0) is 9.53 Å². The highest BCUT2D eigenvalue weighted by Crippen LogP contribution is 2.21. The maximum absolute atomic E-state index is 11.1. The number of nitrogens with two attached hydrogens (primary N) is 1. The predicted molar refractivity (Wildman–Crippen MR) is 69.8 cm³/mol. The number of carbonyl (C=O) groups excluding carboxylic acids is 1. The van der Waals surface area contributed by atoms with Gasteiger partial charge in [0, 0.05) is 5.56 Å². The molecule has 0 unspecified atom stereocenters. The molecule has 0 bridgehead atoms. The lowest BCUT2D eigenvalue weighted by Crippen LogP contribution is -2.16. The van der Waals surface area contributed by atoms with Crippen LogP contribution in [0.15, 0.2) is 28.8 Å². The van der Waals surface area contributed by atoms with E-state index in [4.69, 9.17) is 15.0 Å². The second kappa shape index (κ2) is 6.16. The van der Waals surface area contributed by atoms with Crippen LogP contribution >= 0.6 is 0 Å². The van der Waals surface area contributed by atoms with Crippen LogP contribution in [0.4, 0.5) is 0 Å². The second-order valence-electron chi connectivity index (χ2n) is 4.07. The van der Waals surface area contributed by atoms with Gasteiger partial charge in [0.05, 0.1) is 26.7 Å². The number of benzene rings is 1. The van der Waals surface area contributed by atoms with E-state index in [0.717, 1.165) is 11.3 Å². The second-order valence-corrected chi connectivity index (χ2v) is 4.07. The number of carbonyl (C=O) groups is 1. The SMILES string of the molecule is COC(=O)C[C@H](N)c1nc(-c2ccc(OC)cc2)no1. The van der Waals surface area contributed by atoms with Crippen molar-refractivity contribution in [2.24, 2.45) is 5.73 Å². The highest BCUT2D eigenvalue weighted by Gasteiger charge is 2.19. The summed E-state index contributed by atoms with van der Waals surface area (Å²) in [6.07, 6.45) is -0.0131. The third-order valence-corrected chi connectivity index (χ3v) is 2.72. The molecule has 0 radical (unpaired) electrons. The molecule has 1 atom stereocenters. The zero-order valence-electron chi connectivity index (χ0n) is 11.2. The summed E-state index contributed by atoms with van der Waals surface area (Å²) in [5, 5.41) is 3.84. The van der Waals surface area contributed by atoms with Gasteiger partial charge in [0.1, 0.15) is 5.75 Å². The lowest BCUT2D eigenvalue weighted by Gasteiger charge is -2.03. The number of methoxy groups -OCH3 is 2. The number of hydrogen-bond donors (Lipinski definition) is 1. The van der Waals surface area contributed by atoms with Crippen LogP contribution in [0.5, 0.6) is 5.75 Å². The molecule has 2 aromatic rings. The summed E-state index contributed by atoms with van der Waals surface area (Å²) in [6, 6.07) is 6.51. The standard InChI is InChI=1S/C13H15N3O4/c1-18-9-5-3-8(4-6-9)12-15-13(20-16-12)10(14)7-11(17)19-2/h3-6,10H,7,14H2,1-2H3/t10-/m0/s1. The zero-order chi connectivity index (χ0) is 14.5. The lowest BCUT2D eigenvalue weighted by atomic mass is 10.2. The minimum atomic E-state index is -0.679. The van der Waals surface area contributed by atoms with Crippen LogP contribution in [-0.4, -0.2) is 30.3 Å². The molecule has 7 nitrogen and oxygen atoms in total. The fourth-order valence-electron chi connectivity index (χ4n) is 1.59. The van der Waals surface area contributed by atoms with Crippen molar-refractivity contribution < 1.29 is 18.8 Å². The van der Waals surface area contributed by atoms with E-state index >= 15 is 0 Å². The van der Waals surface area contributed by atoms with Crippen molar-refractivity contribution in [2.45, 2.75) is 12.5 Å². The highest BCUT2D eigenvalue weighted by molar-refractivity contribution is 5.70. The van der Waals surface area contributed by atoms with Crippen molar-refractivity contribution in [3.05, 3.63) is 30.2 Å². The molecule has 2 rings (SSSR count). The molecule has 2 N–H and O–H groups in total. The van der Waals surface area contributed by atoms with E-state index in [-0.39, 0.29) is 12.3 Å². The molecule has 106 valence electrons. The molecule has 0 aliphatic carbocycles. The van der Waals surface area contributed by atoms with Crippen molar-refractivity contribution in [1.82, 2.24) is 10.1 Å². The molecule has 0 saturated heterocycles. The average Bonchev–Trinajstić information content (AvgIpc) is 2.97. The number of rotatable bonds is 5. The topological polar surface area (TPSA) is 100 Å². The fraction of sp³-hybridized carbons (Fsp3) is 0.308. The van der Waals surface area contributed by atoms with Gasteiger partial charge in [-0.1, -0.05) is 5.16 Å². The van der Waals surface area contributed by atoms with Gasteiger partial charge in [-0.3, -0.25) is 4.79 Å². The van der Waals surface area contributed by atoms with Gasteiger partial charge < -0.3 is 19.7 Å². The Balaban J connectivity index is 2.13. The molecule has 0 spiro atoms. The van der Waals surface area contributed by atoms with E-state index in [1.807, 2.05) is 0 Å². The number of nitrogens with zero attached hydrogens (tertiary/aromatic N) is 2. The third kappa shape index (κ3) is 3.12. The summed E-state index contributed by atoms with van der Waals surface area (Å²) in [6.45, 7) is 0. The van der Waals surface area contributed by atoms with Crippen molar-refractivity contribution in [3.63, 3.8) is 0 Å². The number of esters is 1. The van der Waals surface area contributed by atoms with E-state index in [1.165, 1.54) is 7.11 Å². The number of ether oxygens (including phenoxy) is 2. The van der Waals surface area contributed by atoms with Gasteiger partial charge in [-0.2, -0.15) is 4.98 Å². The third-order valence-electron chi connectivity index (χ3n) is 2.72. The predicted octanol–water partition coefficient (Wildman–Crippen LogP) is 1.31. The molecule has 0 fully saturated rings. The Morgan fingerprint density at radius 3 is 2.65 bits per heavy atom. The molecular formula is C13H15N3O4. The van der Waals surface area contributed by atoms with Gasteiger partial charge in [-0.25, -0.2) is 0 Å². The first-order valence-corrected chi connectivity index (χ1v) is 5.94. The minimum absolute atomic E-state index is 0.0131. The zero-order valence-corrected chi connectivity index (χ0v) is 11.2. The summed E-state index contributed by atoms with van der Waals surface area (Å²) in [4.78, 5) is 15.3. The maximum atomic E-state index is 11.1. The Morgan fingerprint density at radius 1 is 1.35 bits per heavy atom. The van der Waals surface area contributed by atoms with Crippen LogP contribution in [0.1, 0.15) is 18.4 Å². The normalized spacial score (nSPS) is 11.9. The van der Waals surface area contributed by atoms with Gasteiger partial charge in [-0.05, 0) is 24.3 Å². The maximum Gasteiger partial charge on any atom is 0.307 e. The first kappa shape index (κ1) is 14.0. The molecule has 0 amide bonds. The molecule has 20 heavy (non-hydrogen) atoms. The Morgan fingerprint density at radius 2 is 2.05 bits per heavy atom. The number of aromatic nitrogens is 2. The van der Waals surface area contributed by atoms with Gasteiger partial charge in [0.25, 0.3) is 0 Å². The Kier molecular flexibility index (Phi) is 4.31. The van der Waals surface area contributed by atoms with Crippen molar-refractivity contribution in [3.8, 4) is 17.1 Å². The summed E-state index contributed by atoms with van der Waals surface area (Å²) in [5.74, 6) is 0.908. The summed E-state index contributed by atoms with van der Waals surface area (Å²) in [5.41, 5.74) is 6.56. The van der Waals surface area contributed by atoms with E-state index in [1.54, 1.807) is 31.4 Å². The van der Waals surface area contributed by atoms with E-state index in [9.17, 15) is 4.79 Å². The van der Waals surface area contributed by atoms with Crippen molar-refractivity contribution in [1.29, 1.82) is 0 Å². The molecule has 1 aromatic heterocycles. The van der Waals surface area contributed by atoms with Gasteiger partial charge in [0.2, 0.25) is 11.7 Å². The van der Waals surface area contributed by atoms with Crippen LogP contribution < -0.4 is 10.5 Å². The summed E-state index contributed by atoms with van der Waals surface area (Å²) < 4.78 is 14.7. The molecule has 0 aliphatic rings. The van der Waals surface area contributed by atoms with Gasteiger partial charge >= 0.3 is 5.97 Å². The lowest BCUT2D eigenvalue weighted by molar-refractivity contribution is -0.141. The Labute approximate surface area is 115 Å². The highest BCUT2D eigenvalue weighted by atomic mass is 16.5. The summed E-state index contributed by atoms with van der Waals surface area (Å²) in [7, 11) is 2.89. The van der Waals surface area contributed by atoms with E-state index in [0.29, 0.717) is 5.82 Å². The molecule has 0 saturated carbocycles. The Hall–Kier alpha value is -2.41. The van der Waals surface area contributed by atoms with Gasteiger partial charge in [0.15, 0.2) is 0 Å². The minimum Gasteiger partial charge on any atom is -0.497 e. The quantitative estimate of drug-likeness (QED) is 0.822. The fourth-order valence-corrected chi connectivity index (χ4v) is 1.59. The molecular weight excluding hydrogens is 262 g/mol. The van der Waals surface area contributed by atoms with Crippen LogP contribution in [0, 0.1) is 0 Å². The molecule has 1 heterocycles. The molecule has 0 aliphatic heterocycles. The van der Waals surface area contributed by atoms with Crippen molar-refractivity contribution in [2.75, 3.05) is 14.2 Å². The first-order valence-electron chi connectivity index (χ1n) is 5.94. The largest absolute Gasteiger partial charge is 0.497 e. The smallest absolute Gasteiger partial charge is 0.307 e. The monoisotopic (exact) mass is 277 g/mol.